The van der Waals surface area contributed by atoms with E-state index in [1.165, 1.54) is 12.8 Å². The highest BCUT2D eigenvalue weighted by molar-refractivity contribution is 9.10. The lowest BCUT2D eigenvalue weighted by Gasteiger charge is -2.63. The Morgan fingerprint density at radius 3 is 2.87 bits per heavy atom. The topological polar surface area (TPSA) is 76.1 Å². The Bertz CT molecular complexity index is 990. The maximum Gasteiger partial charge on any atom is 0.313 e. The Morgan fingerprint density at radius 2 is 2.16 bits per heavy atom. The van der Waals surface area contributed by atoms with Crippen LogP contribution in [0.2, 0.25) is 0 Å². The summed E-state index contributed by atoms with van der Waals surface area (Å²) in [4.78, 5) is 27.6. The number of aliphatic hydroxyl groups is 1. The average Bonchev–Trinajstić information content (AvgIpc) is 3.46. The number of hydrogen-bond donors (Lipinski definition) is 1. The fourth-order valence-corrected chi connectivity index (χ4v) is 7.28. The molecule has 1 spiro atoms. The van der Waals surface area contributed by atoms with Crippen LogP contribution in [0.25, 0.3) is 0 Å². The van der Waals surface area contributed by atoms with Gasteiger partial charge >= 0.3 is 5.97 Å². The zero-order chi connectivity index (χ0) is 21.7. The molecule has 3 aliphatic carbocycles. The number of halogens is 1. The summed E-state index contributed by atoms with van der Waals surface area (Å²) in [5, 5.41) is 12.4. The van der Waals surface area contributed by atoms with E-state index in [4.69, 9.17) is 9.47 Å². The number of carbonyl (C=O) groups is 2. The van der Waals surface area contributed by atoms with Crippen molar-refractivity contribution in [1.82, 2.24) is 4.90 Å². The fraction of sp³-hybridized carbons (Fsp3) is 0.667. The van der Waals surface area contributed by atoms with Crippen molar-refractivity contribution >= 4 is 27.7 Å². The Morgan fingerprint density at radius 1 is 1.39 bits per heavy atom. The molecule has 6 nitrogen and oxygen atoms in total. The maximum atomic E-state index is 13.3. The quantitative estimate of drug-likeness (QED) is 0.398. The predicted octanol–water partition coefficient (Wildman–Crippen LogP) is 2.75. The first kappa shape index (κ1) is 20.2. The molecule has 0 radical (unpaired) electrons. The van der Waals surface area contributed by atoms with Crippen LogP contribution in [0.4, 0.5) is 0 Å². The van der Waals surface area contributed by atoms with E-state index in [2.05, 4.69) is 20.8 Å². The van der Waals surface area contributed by atoms with Gasteiger partial charge in [-0.1, -0.05) is 35.8 Å². The minimum Gasteiger partial charge on any atom is -0.477 e. The Kier molecular flexibility index (Phi) is 4.26. The summed E-state index contributed by atoms with van der Waals surface area (Å²) in [6, 6.07) is 3.76. The molecule has 5 atom stereocenters. The van der Waals surface area contributed by atoms with Gasteiger partial charge in [0.05, 0.1) is 21.8 Å². The molecule has 1 unspecified atom stereocenters. The van der Waals surface area contributed by atoms with Crippen molar-refractivity contribution in [2.75, 3.05) is 13.1 Å². The summed E-state index contributed by atoms with van der Waals surface area (Å²) in [5.74, 6) is 0.947. The number of hydrogen-bond acceptors (Lipinski definition) is 6. The predicted molar refractivity (Wildman–Crippen MR) is 117 cm³/mol. The first-order valence-electron chi connectivity index (χ1n) is 11.4. The number of likely N-dealkylation sites (tertiary alicyclic amines) is 1. The van der Waals surface area contributed by atoms with Crippen molar-refractivity contribution in [2.45, 2.75) is 73.9 Å². The summed E-state index contributed by atoms with van der Waals surface area (Å²) < 4.78 is 12.0. The van der Waals surface area contributed by atoms with Crippen molar-refractivity contribution in [3.05, 3.63) is 23.3 Å². The third-order valence-electron chi connectivity index (χ3n) is 8.24. The molecule has 6 rings (SSSR count). The standard InChI is InChI=1S/C24H28BrNO5/c1-12(2)22(28)30-16-6-5-14-9-17-24(29)10-15(25)19(27)21-23(24,18(14)20(16)31-21)7-8-26(17)11-13-3-4-13/h5-6,12-13,15,17,21,29H,3-4,7-11H2,1-2H3/t15?,17-,21+,23+,24-/m1/s1. The molecule has 1 aromatic carbocycles. The number of carbonyl (C=O) groups excluding carboxylic acids is 2. The number of ketones is 1. The van der Waals surface area contributed by atoms with Crippen LogP contribution in [-0.2, 0) is 21.4 Å². The molecule has 1 saturated heterocycles. The lowest BCUT2D eigenvalue weighted by molar-refractivity contribution is -0.187. The van der Waals surface area contributed by atoms with Crippen LogP contribution in [0.1, 0.15) is 50.7 Å². The van der Waals surface area contributed by atoms with E-state index in [1.54, 1.807) is 19.9 Å². The van der Waals surface area contributed by atoms with Crippen LogP contribution >= 0.6 is 15.9 Å². The van der Waals surface area contributed by atoms with Crippen LogP contribution < -0.4 is 9.47 Å². The second-order valence-corrected chi connectivity index (χ2v) is 11.5. The second-order valence-electron chi connectivity index (χ2n) is 10.4. The van der Waals surface area contributed by atoms with Crippen molar-refractivity contribution in [3.63, 3.8) is 0 Å². The minimum atomic E-state index is -1.06. The van der Waals surface area contributed by atoms with Gasteiger partial charge in [0.25, 0.3) is 0 Å². The number of Topliss-reactive ketones (excluding diaryl/α,β-unsaturated/α-hetero) is 1. The number of benzene rings is 1. The number of nitrogens with zero attached hydrogens (tertiary/aromatic N) is 1. The molecule has 7 heteroatoms. The molecule has 2 saturated carbocycles. The monoisotopic (exact) mass is 489 g/mol. The molecule has 3 fully saturated rings. The van der Waals surface area contributed by atoms with Gasteiger partial charge in [0.2, 0.25) is 0 Å². The summed E-state index contributed by atoms with van der Waals surface area (Å²) >= 11 is 3.54. The molecule has 31 heavy (non-hydrogen) atoms. The van der Waals surface area contributed by atoms with Gasteiger partial charge in [-0.05, 0) is 56.2 Å². The van der Waals surface area contributed by atoms with Gasteiger partial charge < -0.3 is 14.6 Å². The molecule has 2 bridgehead atoms. The van der Waals surface area contributed by atoms with Crippen LogP contribution in [-0.4, -0.2) is 57.4 Å². The van der Waals surface area contributed by atoms with Crippen LogP contribution in [0.15, 0.2) is 12.1 Å². The largest absolute Gasteiger partial charge is 0.477 e. The molecule has 1 N–H and O–H groups in total. The summed E-state index contributed by atoms with van der Waals surface area (Å²) in [6.45, 7) is 5.44. The molecular weight excluding hydrogens is 462 g/mol. The lowest BCUT2D eigenvalue weighted by Crippen LogP contribution is -2.78. The fourth-order valence-electron chi connectivity index (χ4n) is 6.54. The van der Waals surface area contributed by atoms with E-state index in [0.29, 0.717) is 24.3 Å². The summed E-state index contributed by atoms with van der Waals surface area (Å²) in [6.07, 6.45) is 3.55. The van der Waals surface area contributed by atoms with Gasteiger partial charge in [0, 0.05) is 18.2 Å². The number of ether oxygens (including phenoxy) is 2. The highest BCUT2D eigenvalue weighted by Gasteiger charge is 2.74. The number of rotatable bonds is 4. The summed E-state index contributed by atoms with van der Waals surface area (Å²) in [5.41, 5.74) is 0.176. The van der Waals surface area contributed by atoms with Gasteiger partial charge in [-0.2, -0.15) is 0 Å². The zero-order valence-corrected chi connectivity index (χ0v) is 19.5. The Hall–Kier alpha value is -1.44. The maximum absolute atomic E-state index is 13.3. The summed E-state index contributed by atoms with van der Waals surface area (Å²) in [7, 11) is 0. The number of esters is 1. The van der Waals surface area contributed by atoms with E-state index in [9.17, 15) is 14.7 Å². The minimum absolute atomic E-state index is 0.0238. The number of alkyl halides is 1. The molecule has 1 aromatic rings. The SMILES string of the molecule is CC(C)C(=O)Oc1ccc2c3c1O[C@H]1C(=O)C(Br)C[C@@]4(O)[C@@H](C2)N(CC2CC2)CC[C@]314. The molecule has 0 amide bonds. The van der Waals surface area contributed by atoms with Gasteiger partial charge in [-0.25, -0.2) is 0 Å². The highest BCUT2D eigenvalue weighted by Crippen LogP contribution is 2.65. The van der Waals surface area contributed by atoms with E-state index in [0.717, 1.165) is 36.6 Å². The third-order valence-corrected chi connectivity index (χ3v) is 9.01. The van der Waals surface area contributed by atoms with E-state index < -0.39 is 21.9 Å². The van der Waals surface area contributed by atoms with Gasteiger partial charge in [-0.15, -0.1) is 0 Å². The van der Waals surface area contributed by atoms with Crippen LogP contribution in [0, 0.1) is 11.8 Å². The van der Waals surface area contributed by atoms with Gasteiger partial charge in [0.1, 0.15) is 0 Å². The Balaban J connectivity index is 1.51. The smallest absolute Gasteiger partial charge is 0.313 e. The first-order valence-corrected chi connectivity index (χ1v) is 12.4. The van der Waals surface area contributed by atoms with Crippen molar-refractivity contribution in [2.24, 2.45) is 11.8 Å². The second kappa shape index (κ2) is 6.55. The Labute approximate surface area is 190 Å². The van der Waals surface area contributed by atoms with Gasteiger partial charge in [0.15, 0.2) is 23.4 Å². The van der Waals surface area contributed by atoms with Gasteiger partial charge in [-0.3, -0.25) is 14.5 Å². The molecule has 2 heterocycles. The number of piperidine rings is 1. The van der Waals surface area contributed by atoms with Crippen molar-refractivity contribution < 1.29 is 24.2 Å². The molecular formula is C24H28BrNO5. The first-order chi connectivity index (χ1) is 14.8. The van der Waals surface area contributed by atoms with Crippen LogP contribution in [0.3, 0.4) is 0 Å². The zero-order valence-electron chi connectivity index (χ0n) is 17.9. The third kappa shape index (κ3) is 2.57. The van der Waals surface area contributed by atoms with E-state index >= 15 is 0 Å². The van der Waals surface area contributed by atoms with E-state index in [1.807, 2.05) is 6.07 Å². The van der Waals surface area contributed by atoms with E-state index in [-0.39, 0.29) is 23.7 Å². The normalized spacial score (nSPS) is 38.1. The van der Waals surface area contributed by atoms with Crippen LogP contribution in [0.5, 0.6) is 11.5 Å². The highest BCUT2D eigenvalue weighted by atomic mass is 79.9. The van der Waals surface area contributed by atoms with Crippen molar-refractivity contribution in [3.8, 4) is 11.5 Å². The molecule has 166 valence electrons. The molecule has 5 aliphatic rings. The molecule has 2 aliphatic heterocycles. The van der Waals surface area contributed by atoms with Crippen molar-refractivity contribution in [1.29, 1.82) is 0 Å². The lowest BCUT2D eigenvalue weighted by atomic mass is 9.49. The molecule has 0 aromatic heterocycles. The average molecular weight is 490 g/mol.